The third-order valence-corrected chi connectivity index (χ3v) is 3.57. The lowest BCUT2D eigenvalue weighted by molar-refractivity contribution is 0.337. The zero-order chi connectivity index (χ0) is 12.8. The second-order valence-corrected chi connectivity index (χ2v) is 4.95. The first-order chi connectivity index (χ1) is 8.79. The molecule has 18 heavy (non-hydrogen) atoms. The molecule has 0 atom stereocenters. The number of para-hydroxylation sites is 1. The van der Waals surface area contributed by atoms with Crippen molar-refractivity contribution in [2.75, 3.05) is 12.3 Å². The molecular formula is C15H17NOS. The molecule has 0 aliphatic rings. The summed E-state index contributed by atoms with van der Waals surface area (Å²) in [5, 5.41) is 0. The third-order valence-electron chi connectivity index (χ3n) is 2.52. The first-order valence-corrected chi connectivity index (χ1v) is 6.97. The Balaban J connectivity index is 2.06. The first kappa shape index (κ1) is 12.8. The second-order valence-electron chi connectivity index (χ2n) is 3.90. The number of hydrogen-bond acceptors (Lipinski definition) is 3. The summed E-state index contributed by atoms with van der Waals surface area (Å²) in [5.74, 6) is 1.86. The molecule has 2 nitrogen and oxygen atoms in total. The highest BCUT2D eigenvalue weighted by Gasteiger charge is 2.03. The van der Waals surface area contributed by atoms with Gasteiger partial charge in [-0.1, -0.05) is 24.3 Å². The molecule has 0 amide bonds. The van der Waals surface area contributed by atoms with Crippen LogP contribution in [0, 0.1) is 0 Å². The van der Waals surface area contributed by atoms with E-state index in [9.17, 15) is 0 Å². The fraction of sp³-hybridized carbons (Fsp3) is 0.200. The summed E-state index contributed by atoms with van der Waals surface area (Å²) in [7, 11) is 0. The van der Waals surface area contributed by atoms with Crippen molar-refractivity contribution in [3.8, 4) is 5.75 Å². The van der Waals surface area contributed by atoms with E-state index in [0.29, 0.717) is 6.61 Å². The van der Waals surface area contributed by atoms with Crippen molar-refractivity contribution < 1.29 is 4.74 Å². The molecule has 0 aliphatic heterocycles. The monoisotopic (exact) mass is 259 g/mol. The fourth-order valence-corrected chi connectivity index (χ4v) is 2.64. The maximum atomic E-state index is 5.77. The minimum atomic E-state index is 0.694. The molecule has 0 heterocycles. The van der Waals surface area contributed by atoms with Crippen molar-refractivity contribution in [2.45, 2.75) is 17.6 Å². The van der Waals surface area contributed by atoms with E-state index < -0.39 is 0 Å². The molecule has 0 bridgehead atoms. The number of hydrogen-bond donors (Lipinski definition) is 1. The van der Waals surface area contributed by atoms with Gasteiger partial charge in [0, 0.05) is 21.9 Å². The Bertz CT molecular complexity index is 513. The van der Waals surface area contributed by atoms with Gasteiger partial charge >= 0.3 is 0 Å². The van der Waals surface area contributed by atoms with E-state index in [2.05, 4.69) is 12.1 Å². The maximum Gasteiger partial charge on any atom is 0.123 e. The molecule has 0 aromatic heterocycles. The summed E-state index contributed by atoms with van der Waals surface area (Å²) in [6.45, 7) is 2.70. The van der Waals surface area contributed by atoms with Crippen LogP contribution in [0.25, 0.3) is 0 Å². The van der Waals surface area contributed by atoms with Gasteiger partial charge in [0.05, 0.1) is 6.61 Å². The van der Waals surface area contributed by atoms with Gasteiger partial charge in [-0.3, -0.25) is 0 Å². The average molecular weight is 259 g/mol. The smallest absolute Gasteiger partial charge is 0.123 e. The maximum absolute atomic E-state index is 5.77. The Morgan fingerprint density at radius 1 is 1.11 bits per heavy atom. The minimum absolute atomic E-state index is 0.694. The molecule has 3 heteroatoms. The van der Waals surface area contributed by atoms with Gasteiger partial charge in [0.2, 0.25) is 0 Å². The van der Waals surface area contributed by atoms with Crippen LogP contribution in [-0.2, 0) is 5.75 Å². The van der Waals surface area contributed by atoms with Gasteiger partial charge in [-0.2, -0.15) is 0 Å². The van der Waals surface area contributed by atoms with Crippen molar-refractivity contribution in [3.63, 3.8) is 0 Å². The standard InChI is InChI=1S/C15H17NOS/c1-2-17-15-9-4-3-6-12(15)11-18-14-8-5-7-13(16)10-14/h3-10H,2,11,16H2,1H3. The first-order valence-electron chi connectivity index (χ1n) is 5.98. The summed E-state index contributed by atoms with van der Waals surface area (Å²) in [6.07, 6.45) is 0. The van der Waals surface area contributed by atoms with Gasteiger partial charge in [-0.15, -0.1) is 11.8 Å². The number of nitrogen functional groups attached to an aromatic ring is 1. The number of nitrogens with two attached hydrogens (primary N) is 1. The van der Waals surface area contributed by atoms with Gasteiger partial charge < -0.3 is 10.5 Å². The molecule has 0 fully saturated rings. The van der Waals surface area contributed by atoms with Gasteiger partial charge in [-0.25, -0.2) is 0 Å². The Morgan fingerprint density at radius 2 is 1.94 bits per heavy atom. The molecule has 0 unspecified atom stereocenters. The summed E-state index contributed by atoms with van der Waals surface area (Å²) < 4.78 is 5.61. The molecule has 0 saturated heterocycles. The summed E-state index contributed by atoms with van der Waals surface area (Å²) in [5.41, 5.74) is 7.79. The van der Waals surface area contributed by atoms with Crippen molar-refractivity contribution >= 4 is 17.4 Å². The van der Waals surface area contributed by atoms with Gasteiger partial charge in [-0.05, 0) is 31.2 Å². The SMILES string of the molecule is CCOc1ccccc1CSc1cccc(N)c1. The lowest BCUT2D eigenvalue weighted by Crippen LogP contribution is -1.95. The Morgan fingerprint density at radius 3 is 2.72 bits per heavy atom. The lowest BCUT2D eigenvalue weighted by atomic mass is 10.2. The fourth-order valence-electron chi connectivity index (χ4n) is 1.68. The zero-order valence-corrected chi connectivity index (χ0v) is 11.2. The minimum Gasteiger partial charge on any atom is -0.494 e. The number of thioether (sulfide) groups is 1. The van der Waals surface area contributed by atoms with Crippen molar-refractivity contribution in [2.24, 2.45) is 0 Å². The second kappa shape index (κ2) is 6.36. The van der Waals surface area contributed by atoms with Crippen LogP contribution in [0.15, 0.2) is 53.4 Å². The van der Waals surface area contributed by atoms with E-state index in [4.69, 9.17) is 10.5 Å². The molecule has 2 rings (SSSR count). The molecule has 0 aliphatic carbocycles. The Hall–Kier alpha value is -1.61. The van der Waals surface area contributed by atoms with Crippen LogP contribution in [0.5, 0.6) is 5.75 Å². The lowest BCUT2D eigenvalue weighted by Gasteiger charge is -2.09. The molecule has 2 N–H and O–H groups in total. The number of ether oxygens (including phenoxy) is 1. The zero-order valence-electron chi connectivity index (χ0n) is 10.4. The van der Waals surface area contributed by atoms with Crippen molar-refractivity contribution in [1.82, 2.24) is 0 Å². The van der Waals surface area contributed by atoms with Gasteiger partial charge in [0.1, 0.15) is 5.75 Å². The molecular weight excluding hydrogens is 242 g/mol. The topological polar surface area (TPSA) is 35.2 Å². The largest absolute Gasteiger partial charge is 0.494 e. The van der Waals surface area contributed by atoms with Crippen LogP contribution >= 0.6 is 11.8 Å². The highest BCUT2D eigenvalue weighted by molar-refractivity contribution is 7.98. The van der Waals surface area contributed by atoms with Crippen LogP contribution in [0.2, 0.25) is 0 Å². The molecule has 0 saturated carbocycles. The Labute approximate surface area is 112 Å². The summed E-state index contributed by atoms with van der Waals surface area (Å²) in [4.78, 5) is 1.18. The van der Waals surface area contributed by atoms with Crippen molar-refractivity contribution in [1.29, 1.82) is 0 Å². The molecule has 2 aromatic carbocycles. The molecule has 2 aromatic rings. The highest BCUT2D eigenvalue weighted by Crippen LogP contribution is 2.28. The van der Waals surface area contributed by atoms with E-state index in [1.165, 1.54) is 10.5 Å². The summed E-state index contributed by atoms with van der Waals surface area (Å²) in [6, 6.07) is 16.1. The third kappa shape index (κ3) is 3.44. The quantitative estimate of drug-likeness (QED) is 0.652. The van der Waals surface area contributed by atoms with Gasteiger partial charge in [0.15, 0.2) is 0 Å². The average Bonchev–Trinajstić information content (AvgIpc) is 2.38. The molecule has 0 spiro atoms. The van der Waals surface area contributed by atoms with Crippen LogP contribution in [-0.4, -0.2) is 6.61 Å². The van der Waals surface area contributed by atoms with Crippen LogP contribution in [0.3, 0.4) is 0 Å². The van der Waals surface area contributed by atoms with E-state index in [0.717, 1.165) is 17.2 Å². The van der Waals surface area contributed by atoms with Crippen molar-refractivity contribution in [3.05, 3.63) is 54.1 Å². The van der Waals surface area contributed by atoms with Crippen LogP contribution in [0.1, 0.15) is 12.5 Å². The normalized spacial score (nSPS) is 10.3. The highest BCUT2D eigenvalue weighted by atomic mass is 32.2. The predicted molar refractivity (Wildman–Crippen MR) is 78.0 cm³/mol. The predicted octanol–water partition coefficient (Wildman–Crippen LogP) is 3.96. The number of rotatable bonds is 5. The van der Waals surface area contributed by atoms with Crippen LogP contribution in [0.4, 0.5) is 5.69 Å². The summed E-state index contributed by atoms with van der Waals surface area (Å²) >= 11 is 1.77. The van der Waals surface area contributed by atoms with E-state index in [1.54, 1.807) is 11.8 Å². The molecule has 94 valence electrons. The van der Waals surface area contributed by atoms with E-state index in [1.807, 2.05) is 43.3 Å². The van der Waals surface area contributed by atoms with Gasteiger partial charge in [0.25, 0.3) is 0 Å². The number of anilines is 1. The van der Waals surface area contributed by atoms with Crippen LogP contribution < -0.4 is 10.5 Å². The number of benzene rings is 2. The Kier molecular flexibility index (Phi) is 4.53. The molecule has 0 radical (unpaired) electrons. The van der Waals surface area contributed by atoms with E-state index >= 15 is 0 Å². The van der Waals surface area contributed by atoms with E-state index in [-0.39, 0.29) is 0 Å².